The van der Waals surface area contributed by atoms with Crippen LogP contribution < -0.4 is 10.1 Å². The number of ether oxygens (including phenoxy) is 2. The molecule has 2 aromatic carbocycles. The van der Waals surface area contributed by atoms with Crippen molar-refractivity contribution >= 4 is 5.91 Å². The van der Waals surface area contributed by atoms with Crippen molar-refractivity contribution in [2.24, 2.45) is 0 Å². The molecule has 0 aliphatic carbocycles. The van der Waals surface area contributed by atoms with Gasteiger partial charge in [-0.25, -0.2) is 0 Å². The first-order valence-corrected chi connectivity index (χ1v) is 10.8. The number of aryl methyl sites for hydroxylation is 3. The minimum atomic E-state index is 0.0563. The van der Waals surface area contributed by atoms with Crippen LogP contribution in [0, 0.1) is 13.8 Å². The summed E-state index contributed by atoms with van der Waals surface area (Å²) in [5, 5.41) is 12.3. The first-order chi connectivity index (χ1) is 14.5. The van der Waals surface area contributed by atoms with Crippen molar-refractivity contribution in [1.29, 1.82) is 0 Å². The second-order valence-corrected chi connectivity index (χ2v) is 6.35. The molecule has 0 saturated heterocycles. The predicted octanol–water partition coefficient (Wildman–Crippen LogP) is 5.94. The summed E-state index contributed by atoms with van der Waals surface area (Å²) in [6.07, 6.45) is 1.98. The summed E-state index contributed by atoms with van der Waals surface area (Å²) in [7, 11) is 1.65. The second-order valence-electron chi connectivity index (χ2n) is 6.35. The summed E-state index contributed by atoms with van der Waals surface area (Å²) in [5.41, 5.74) is 3.16. The van der Waals surface area contributed by atoms with E-state index in [1.54, 1.807) is 31.4 Å². The fraction of sp³-hybridized carbons (Fsp3) is 0.480. The molecule has 0 heterocycles. The average Bonchev–Trinajstić information content (AvgIpc) is 2.76. The van der Waals surface area contributed by atoms with Crippen LogP contribution in [-0.2, 0) is 16.0 Å². The van der Waals surface area contributed by atoms with Crippen LogP contribution in [0.1, 0.15) is 57.2 Å². The smallest absolute Gasteiger partial charge is 0.220 e. The highest BCUT2D eigenvalue weighted by Crippen LogP contribution is 2.31. The molecule has 0 aliphatic heterocycles. The van der Waals surface area contributed by atoms with E-state index in [0.717, 1.165) is 28.9 Å². The number of amides is 1. The van der Waals surface area contributed by atoms with Crippen LogP contribution in [0.4, 0.5) is 0 Å². The van der Waals surface area contributed by atoms with Gasteiger partial charge < -0.3 is 19.9 Å². The molecule has 0 saturated carbocycles. The predicted molar refractivity (Wildman–Crippen MR) is 125 cm³/mol. The first kappa shape index (κ1) is 27.5. The van der Waals surface area contributed by atoms with Crippen LogP contribution in [0.25, 0.3) is 0 Å². The van der Waals surface area contributed by atoms with Crippen molar-refractivity contribution < 1.29 is 19.4 Å². The van der Waals surface area contributed by atoms with Gasteiger partial charge in [-0.05, 0) is 67.6 Å². The number of nitrogens with one attached hydrogen (secondary N) is 1. The fourth-order valence-electron chi connectivity index (χ4n) is 2.77. The van der Waals surface area contributed by atoms with Crippen LogP contribution in [0.3, 0.4) is 0 Å². The number of rotatable bonds is 9. The molecule has 2 rings (SSSR count). The molecule has 2 aromatic rings. The lowest BCUT2D eigenvalue weighted by molar-refractivity contribution is -0.121. The molecule has 30 heavy (non-hydrogen) atoms. The van der Waals surface area contributed by atoms with Crippen molar-refractivity contribution in [1.82, 2.24) is 5.32 Å². The summed E-state index contributed by atoms with van der Waals surface area (Å²) >= 11 is 0. The molecule has 0 spiro atoms. The van der Waals surface area contributed by atoms with Crippen LogP contribution in [0.2, 0.25) is 0 Å². The largest absolute Gasteiger partial charge is 0.508 e. The monoisotopic (exact) mass is 417 g/mol. The van der Waals surface area contributed by atoms with Gasteiger partial charge in [0.15, 0.2) is 0 Å². The topological polar surface area (TPSA) is 67.8 Å². The number of carbonyl (C=O) groups is 1. The lowest BCUT2D eigenvalue weighted by Crippen LogP contribution is -2.25. The van der Waals surface area contributed by atoms with Gasteiger partial charge in [0.1, 0.15) is 17.2 Å². The number of hydrogen-bond acceptors (Lipinski definition) is 4. The highest BCUT2D eigenvalue weighted by Gasteiger charge is 2.09. The number of methoxy groups -OCH3 is 1. The van der Waals surface area contributed by atoms with Crippen LogP contribution in [0.15, 0.2) is 36.4 Å². The molecule has 0 bridgehead atoms. The fourth-order valence-corrected chi connectivity index (χ4v) is 2.77. The Kier molecular flexibility index (Phi) is 14.9. The van der Waals surface area contributed by atoms with Gasteiger partial charge in [0.25, 0.3) is 0 Å². The molecule has 5 nitrogen and oxygen atoms in total. The lowest BCUT2D eigenvalue weighted by atomic mass is 10.0. The van der Waals surface area contributed by atoms with Crippen molar-refractivity contribution in [3.8, 4) is 17.2 Å². The molecule has 0 fully saturated rings. The molecule has 0 atom stereocenters. The third kappa shape index (κ3) is 10.3. The Bertz CT molecular complexity index is 703. The summed E-state index contributed by atoms with van der Waals surface area (Å²) < 4.78 is 10.9. The Morgan fingerprint density at radius 1 is 1.00 bits per heavy atom. The summed E-state index contributed by atoms with van der Waals surface area (Å²) in [6, 6.07) is 10.8. The molecule has 168 valence electrons. The maximum absolute atomic E-state index is 11.9. The third-order valence-corrected chi connectivity index (χ3v) is 4.06. The second kappa shape index (κ2) is 16.3. The maximum Gasteiger partial charge on any atom is 0.220 e. The highest BCUT2D eigenvalue weighted by molar-refractivity contribution is 5.76. The lowest BCUT2D eigenvalue weighted by Gasteiger charge is -2.14. The molecule has 0 aliphatic rings. The van der Waals surface area contributed by atoms with Crippen LogP contribution >= 0.6 is 0 Å². The number of hydrogen-bond donors (Lipinski definition) is 2. The SMILES string of the molecule is CC.CC.COCCCNC(=O)CCc1cc(C)c(Oc2ccc(O)cc2)c(C)c1. The average molecular weight is 418 g/mol. The standard InChI is InChI=1S/C21H27NO4.2C2H6/c1-15-13-17(5-10-20(24)22-11-4-12-25-3)14-16(2)21(15)26-19-8-6-18(23)7-9-19;2*1-2/h6-9,13-14,23H,4-5,10-12H2,1-3H3,(H,22,24);2*1-2H3. The molecule has 2 N–H and O–H groups in total. The van der Waals surface area contributed by atoms with E-state index >= 15 is 0 Å². The van der Waals surface area contributed by atoms with Gasteiger partial charge in [0.2, 0.25) is 5.91 Å². The number of phenolic OH excluding ortho intramolecular Hbond substituents is 1. The van der Waals surface area contributed by atoms with Gasteiger partial charge in [-0.15, -0.1) is 0 Å². The van der Waals surface area contributed by atoms with Gasteiger partial charge in [0, 0.05) is 26.7 Å². The first-order valence-electron chi connectivity index (χ1n) is 10.8. The minimum Gasteiger partial charge on any atom is -0.508 e. The summed E-state index contributed by atoms with van der Waals surface area (Å²) in [4.78, 5) is 11.9. The zero-order chi connectivity index (χ0) is 22.9. The van der Waals surface area contributed by atoms with E-state index in [1.165, 1.54) is 0 Å². The zero-order valence-electron chi connectivity index (χ0n) is 19.7. The van der Waals surface area contributed by atoms with Crippen LogP contribution in [-0.4, -0.2) is 31.3 Å². The zero-order valence-corrected chi connectivity index (χ0v) is 19.7. The van der Waals surface area contributed by atoms with E-state index in [9.17, 15) is 9.90 Å². The molecular weight excluding hydrogens is 378 g/mol. The highest BCUT2D eigenvalue weighted by atomic mass is 16.5. The van der Waals surface area contributed by atoms with Gasteiger partial charge in [-0.3, -0.25) is 4.79 Å². The van der Waals surface area contributed by atoms with Crippen molar-refractivity contribution in [3.63, 3.8) is 0 Å². The summed E-state index contributed by atoms with van der Waals surface area (Å²) in [5.74, 6) is 1.75. The van der Waals surface area contributed by atoms with Crippen LogP contribution in [0.5, 0.6) is 17.2 Å². The maximum atomic E-state index is 11.9. The Morgan fingerprint density at radius 3 is 2.10 bits per heavy atom. The number of benzene rings is 2. The quantitative estimate of drug-likeness (QED) is 0.496. The molecule has 0 radical (unpaired) electrons. The Balaban J connectivity index is 0.00000198. The van der Waals surface area contributed by atoms with Gasteiger partial charge in [-0.1, -0.05) is 39.8 Å². The van der Waals surface area contributed by atoms with E-state index in [2.05, 4.69) is 17.4 Å². The van der Waals surface area contributed by atoms with E-state index in [4.69, 9.17) is 9.47 Å². The molecule has 0 aromatic heterocycles. The molecule has 5 heteroatoms. The van der Waals surface area contributed by atoms with E-state index in [-0.39, 0.29) is 11.7 Å². The number of phenols is 1. The molecule has 1 amide bonds. The van der Waals surface area contributed by atoms with Gasteiger partial charge >= 0.3 is 0 Å². The van der Waals surface area contributed by atoms with Gasteiger partial charge in [-0.2, -0.15) is 0 Å². The van der Waals surface area contributed by atoms with E-state index in [1.807, 2.05) is 41.5 Å². The van der Waals surface area contributed by atoms with Crippen molar-refractivity contribution in [2.75, 3.05) is 20.3 Å². The minimum absolute atomic E-state index is 0.0563. The van der Waals surface area contributed by atoms with E-state index < -0.39 is 0 Å². The Hall–Kier alpha value is -2.53. The van der Waals surface area contributed by atoms with E-state index in [0.29, 0.717) is 31.7 Å². The molecule has 0 unspecified atom stereocenters. The normalized spacial score (nSPS) is 9.57. The third-order valence-electron chi connectivity index (χ3n) is 4.06. The van der Waals surface area contributed by atoms with Crippen molar-refractivity contribution in [2.45, 2.75) is 60.8 Å². The Labute approximate surface area is 182 Å². The summed E-state index contributed by atoms with van der Waals surface area (Å²) in [6.45, 7) is 13.3. The van der Waals surface area contributed by atoms with Crippen molar-refractivity contribution in [3.05, 3.63) is 53.1 Å². The number of carbonyl (C=O) groups excluding carboxylic acids is 1. The Morgan fingerprint density at radius 2 is 1.57 bits per heavy atom. The number of aromatic hydroxyl groups is 1. The molecular formula is C25H39NO4. The van der Waals surface area contributed by atoms with Gasteiger partial charge in [0.05, 0.1) is 0 Å².